The number of hydrogen-bond acceptors (Lipinski definition) is 4. The van der Waals surface area contributed by atoms with Crippen molar-refractivity contribution >= 4 is 11.9 Å². The molecule has 1 rings (SSSR count). The lowest BCUT2D eigenvalue weighted by molar-refractivity contribution is -0.124. The van der Waals surface area contributed by atoms with Gasteiger partial charge in [-0.2, -0.15) is 0 Å². The van der Waals surface area contributed by atoms with Gasteiger partial charge in [-0.25, -0.2) is 4.79 Å². The van der Waals surface area contributed by atoms with E-state index in [2.05, 4.69) is 0 Å². The van der Waals surface area contributed by atoms with E-state index in [1.807, 2.05) is 0 Å². The first-order valence-electron chi connectivity index (χ1n) is 5.45. The van der Waals surface area contributed by atoms with E-state index >= 15 is 0 Å². The summed E-state index contributed by atoms with van der Waals surface area (Å²) in [6, 6.07) is -0.299. The Morgan fingerprint density at radius 1 is 1.56 bits per heavy atom. The van der Waals surface area contributed by atoms with Gasteiger partial charge in [0.1, 0.15) is 5.60 Å². The number of ketones is 1. The SMILES string of the molecule is CC(C)(C)OC(=O)N1CC(=O)CC[C@H]1CO. The van der Waals surface area contributed by atoms with Crippen molar-refractivity contribution in [1.29, 1.82) is 0 Å². The Hall–Kier alpha value is -1.10. The lowest BCUT2D eigenvalue weighted by atomic mass is 10.0. The molecule has 1 aliphatic heterocycles. The molecule has 1 fully saturated rings. The smallest absolute Gasteiger partial charge is 0.411 e. The van der Waals surface area contributed by atoms with Crippen molar-refractivity contribution in [1.82, 2.24) is 4.90 Å². The number of rotatable bonds is 1. The molecule has 0 aromatic rings. The van der Waals surface area contributed by atoms with E-state index in [4.69, 9.17) is 9.84 Å². The number of hydrogen-bond donors (Lipinski definition) is 1. The molecule has 5 heteroatoms. The minimum absolute atomic E-state index is 0.00978. The summed E-state index contributed by atoms with van der Waals surface area (Å²) in [6.07, 6.45) is 0.402. The minimum atomic E-state index is -0.586. The third-order valence-corrected chi connectivity index (χ3v) is 2.38. The van der Waals surface area contributed by atoms with Crippen LogP contribution in [0, 0.1) is 0 Å². The second-order valence-corrected chi connectivity index (χ2v) is 5.02. The number of aliphatic hydroxyl groups excluding tert-OH is 1. The number of carbonyl (C=O) groups is 2. The van der Waals surface area contributed by atoms with Crippen molar-refractivity contribution in [3.8, 4) is 0 Å². The van der Waals surface area contributed by atoms with E-state index in [0.29, 0.717) is 12.8 Å². The Bertz CT molecular complexity index is 282. The van der Waals surface area contributed by atoms with Gasteiger partial charge in [-0.15, -0.1) is 0 Å². The lowest BCUT2D eigenvalue weighted by Crippen LogP contribution is -2.50. The summed E-state index contributed by atoms with van der Waals surface area (Å²) in [6.45, 7) is 5.21. The van der Waals surface area contributed by atoms with Crippen molar-refractivity contribution in [3.05, 3.63) is 0 Å². The predicted octanol–water partition coefficient (Wildman–Crippen LogP) is 0.947. The van der Waals surface area contributed by atoms with Crippen LogP contribution in [0.5, 0.6) is 0 Å². The van der Waals surface area contributed by atoms with Gasteiger partial charge in [0.25, 0.3) is 0 Å². The average Bonchev–Trinajstić information content (AvgIpc) is 2.15. The maximum Gasteiger partial charge on any atom is 0.411 e. The lowest BCUT2D eigenvalue weighted by Gasteiger charge is -2.35. The second-order valence-electron chi connectivity index (χ2n) is 5.02. The third-order valence-electron chi connectivity index (χ3n) is 2.38. The maximum absolute atomic E-state index is 11.8. The first kappa shape index (κ1) is 13.0. The van der Waals surface area contributed by atoms with Crippen LogP contribution in [0.1, 0.15) is 33.6 Å². The number of Topliss-reactive ketones (excluding diaryl/α,β-unsaturated/α-hetero) is 1. The van der Waals surface area contributed by atoms with Gasteiger partial charge < -0.3 is 9.84 Å². The zero-order valence-corrected chi connectivity index (χ0v) is 10.0. The summed E-state index contributed by atoms with van der Waals surface area (Å²) < 4.78 is 5.18. The first-order valence-corrected chi connectivity index (χ1v) is 5.45. The summed E-state index contributed by atoms with van der Waals surface area (Å²) in [5, 5.41) is 9.13. The van der Waals surface area contributed by atoms with Crippen LogP contribution in [-0.4, -0.2) is 46.7 Å². The van der Waals surface area contributed by atoms with Gasteiger partial charge in [0.2, 0.25) is 0 Å². The molecular weight excluding hydrogens is 210 g/mol. The Morgan fingerprint density at radius 2 is 2.19 bits per heavy atom. The molecule has 0 spiro atoms. The number of ether oxygens (including phenoxy) is 1. The fraction of sp³-hybridized carbons (Fsp3) is 0.818. The number of nitrogens with zero attached hydrogens (tertiary/aromatic N) is 1. The summed E-state index contributed by atoms with van der Waals surface area (Å²) >= 11 is 0. The zero-order chi connectivity index (χ0) is 12.3. The van der Waals surface area contributed by atoms with Gasteiger partial charge in [-0.1, -0.05) is 0 Å². The van der Waals surface area contributed by atoms with E-state index in [1.54, 1.807) is 20.8 Å². The zero-order valence-electron chi connectivity index (χ0n) is 10.0. The Balaban J connectivity index is 2.67. The van der Waals surface area contributed by atoms with Gasteiger partial charge in [-0.05, 0) is 27.2 Å². The summed E-state index contributed by atoms with van der Waals surface area (Å²) in [4.78, 5) is 24.4. The van der Waals surface area contributed by atoms with Crippen molar-refractivity contribution in [3.63, 3.8) is 0 Å². The highest BCUT2D eigenvalue weighted by molar-refractivity contribution is 5.85. The molecule has 0 aromatic heterocycles. The molecule has 0 saturated carbocycles. The number of piperidine rings is 1. The fourth-order valence-corrected chi connectivity index (χ4v) is 1.61. The van der Waals surface area contributed by atoms with E-state index in [-0.39, 0.29) is 25.0 Å². The van der Waals surface area contributed by atoms with Crippen molar-refractivity contribution in [2.45, 2.75) is 45.3 Å². The number of likely N-dealkylation sites (tertiary alicyclic amines) is 1. The van der Waals surface area contributed by atoms with E-state index < -0.39 is 11.7 Å². The van der Waals surface area contributed by atoms with Crippen LogP contribution in [0.15, 0.2) is 0 Å². The largest absolute Gasteiger partial charge is 0.444 e. The highest BCUT2D eigenvalue weighted by atomic mass is 16.6. The fourth-order valence-electron chi connectivity index (χ4n) is 1.61. The molecule has 0 unspecified atom stereocenters. The van der Waals surface area contributed by atoms with Gasteiger partial charge in [0.15, 0.2) is 5.78 Å². The maximum atomic E-state index is 11.8. The van der Waals surface area contributed by atoms with Gasteiger partial charge >= 0.3 is 6.09 Å². The predicted molar refractivity (Wildman–Crippen MR) is 58.1 cm³/mol. The van der Waals surface area contributed by atoms with Crippen LogP contribution < -0.4 is 0 Å². The average molecular weight is 229 g/mol. The number of aliphatic hydroxyl groups is 1. The Morgan fingerprint density at radius 3 is 2.69 bits per heavy atom. The highest BCUT2D eigenvalue weighted by Crippen LogP contribution is 2.18. The van der Waals surface area contributed by atoms with E-state index in [1.165, 1.54) is 4.90 Å². The second kappa shape index (κ2) is 4.82. The van der Waals surface area contributed by atoms with Crippen LogP contribution >= 0.6 is 0 Å². The van der Waals surface area contributed by atoms with Crippen molar-refractivity contribution in [2.75, 3.05) is 13.2 Å². The molecule has 0 bridgehead atoms. The van der Waals surface area contributed by atoms with Crippen LogP contribution in [0.2, 0.25) is 0 Å². The van der Waals surface area contributed by atoms with Gasteiger partial charge in [0, 0.05) is 6.42 Å². The van der Waals surface area contributed by atoms with Gasteiger partial charge in [-0.3, -0.25) is 9.69 Å². The van der Waals surface area contributed by atoms with Crippen LogP contribution in [0.25, 0.3) is 0 Å². The molecule has 16 heavy (non-hydrogen) atoms. The molecule has 1 aliphatic rings. The van der Waals surface area contributed by atoms with Crippen LogP contribution in [0.4, 0.5) is 4.79 Å². The molecule has 5 nitrogen and oxygen atoms in total. The first-order chi connectivity index (χ1) is 7.33. The summed E-state index contributed by atoms with van der Waals surface area (Å²) in [5.41, 5.74) is -0.586. The monoisotopic (exact) mass is 229 g/mol. The molecule has 0 aromatic carbocycles. The molecular formula is C11H19NO4. The van der Waals surface area contributed by atoms with Crippen molar-refractivity contribution in [2.24, 2.45) is 0 Å². The van der Waals surface area contributed by atoms with Crippen LogP contribution in [0.3, 0.4) is 0 Å². The normalized spacial score (nSPS) is 22.1. The number of amides is 1. The standard InChI is InChI=1S/C11H19NO4/c1-11(2,3)16-10(15)12-6-9(14)5-4-8(12)7-13/h8,13H,4-7H2,1-3H3/t8-/m0/s1. The summed E-state index contributed by atoms with van der Waals surface area (Å²) in [5.74, 6) is 0.00978. The molecule has 1 atom stereocenters. The topological polar surface area (TPSA) is 66.8 Å². The molecule has 1 heterocycles. The summed E-state index contributed by atoms with van der Waals surface area (Å²) in [7, 11) is 0. The number of carbonyl (C=O) groups excluding carboxylic acids is 2. The Kier molecular flexibility index (Phi) is 3.91. The van der Waals surface area contributed by atoms with E-state index in [0.717, 1.165) is 0 Å². The molecule has 1 N–H and O–H groups in total. The molecule has 0 aliphatic carbocycles. The molecule has 0 radical (unpaired) electrons. The van der Waals surface area contributed by atoms with Crippen molar-refractivity contribution < 1.29 is 19.4 Å². The Labute approximate surface area is 95.4 Å². The quantitative estimate of drug-likeness (QED) is 0.727. The highest BCUT2D eigenvalue weighted by Gasteiger charge is 2.32. The molecule has 1 amide bonds. The van der Waals surface area contributed by atoms with Gasteiger partial charge in [0.05, 0.1) is 19.2 Å². The molecule has 1 saturated heterocycles. The third kappa shape index (κ3) is 3.48. The molecule has 92 valence electrons. The van der Waals surface area contributed by atoms with Crippen LogP contribution in [-0.2, 0) is 9.53 Å². The minimum Gasteiger partial charge on any atom is -0.444 e. The van der Waals surface area contributed by atoms with E-state index in [9.17, 15) is 9.59 Å².